The first-order valence-electron chi connectivity index (χ1n) is 7.35. The Morgan fingerprint density at radius 1 is 1.29 bits per heavy atom. The van der Waals surface area contributed by atoms with Gasteiger partial charge < -0.3 is 19.7 Å². The number of halogens is 1. The second kappa shape index (κ2) is 6.32. The zero-order valence-electron chi connectivity index (χ0n) is 13.5. The predicted octanol–water partition coefficient (Wildman–Crippen LogP) is 3.32. The number of piperazine rings is 1. The Morgan fingerprint density at radius 3 is 2.52 bits per heavy atom. The van der Waals surface area contributed by atoms with Gasteiger partial charge in [0.25, 0.3) is 0 Å². The van der Waals surface area contributed by atoms with Gasteiger partial charge in [-0.15, -0.1) is 0 Å². The van der Waals surface area contributed by atoms with Crippen LogP contribution in [0.15, 0.2) is 12.1 Å². The summed E-state index contributed by atoms with van der Waals surface area (Å²) < 4.78 is 10.9. The lowest BCUT2D eigenvalue weighted by molar-refractivity contribution is 0.303. The molecule has 4 nitrogen and oxygen atoms in total. The Labute approximate surface area is 132 Å². The first-order chi connectivity index (χ1) is 9.91. The first-order valence-corrected chi connectivity index (χ1v) is 7.73. The van der Waals surface area contributed by atoms with Crippen LogP contribution in [-0.2, 0) is 0 Å². The highest BCUT2D eigenvalue weighted by atomic mass is 35.5. The predicted molar refractivity (Wildman–Crippen MR) is 88.1 cm³/mol. The standard InChI is InChI=1S/C16H25ClN2O2/c1-6-11-9-18-16(2,3)10-19(11)13-8-14(20-4)12(17)7-15(13)21-5/h7-8,11,18H,6,9-10H2,1-5H3. The average Bonchev–Trinajstić information content (AvgIpc) is 2.46. The van der Waals surface area contributed by atoms with Crippen molar-refractivity contribution in [1.82, 2.24) is 5.32 Å². The average molecular weight is 313 g/mol. The molecule has 0 aromatic heterocycles. The first kappa shape index (κ1) is 16.2. The van der Waals surface area contributed by atoms with Crippen molar-refractivity contribution in [3.8, 4) is 11.5 Å². The molecule has 1 N–H and O–H groups in total. The van der Waals surface area contributed by atoms with Gasteiger partial charge >= 0.3 is 0 Å². The molecule has 1 fully saturated rings. The molecule has 21 heavy (non-hydrogen) atoms. The van der Waals surface area contributed by atoms with Gasteiger partial charge in [-0.3, -0.25) is 0 Å². The third-order valence-electron chi connectivity index (χ3n) is 4.06. The van der Waals surface area contributed by atoms with Gasteiger partial charge in [0.2, 0.25) is 0 Å². The van der Waals surface area contributed by atoms with Crippen LogP contribution in [0.4, 0.5) is 5.69 Å². The molecule has 1 atom stereocenters. The van der Waals surface area contributed by atoms with Gasteiger partial charge in [-0.2, -0.15) is 0 Å². The fraction of sp³-hybridized carbons (Fsp3) is 0.625. The van der Waals surface area contributed by atoms with Crippen LogP contribution in [0.5, 0.6) is 11.5 Å². The molecule has 5 heteroatoms. The SMILES string of the molecule is CCC1CNC(C)(C)CN1c1cc(OC)c(Cl)cc1OC. The Hall–Kier alpha value is -1.13. The number of hydrogen-bond acceptors (Lipinski definition) is 4. The van der Waals surface area contributed by atoms with E-state index >= 15 is 0 Å². The maximum atomic E-state index is 6.21. The number of benzene rings is 1. The van der Waals surface area contributed by atoms with Crippen LogP contribution in [0.1, 0.15) is 27.2 Å². The number of rotatable bonds is 4. The van der Waals surface area contributed by atoms with E-state index in [0.717, 1.165) is 30.9 Å². The second-order valence-corrected chi connectivity index (χ2v) is 6.52. The molecule has 118 valence electrons. The molecule has 1 unspecified atom stereocenters. The minimum absolute atomic E-state index is 0.0591. The van der Waals surface area contributed by atoms with E-state index in [2.05, 4.69) is 31.0 Å². The summed E-state index contributed by atoms with van der Waals surface area (Å²) in [5.41, 5.74) is 1.10. The molecule has 1 aromatic rings. The van der Waals surface area contributed by atoms with E-state index in [-0.39, 0.29) is 5.54 Å². The van der Waals surface area contributed by atoms with Crippen LogP contribution in [-0.4, -0.2) is 38.9 Å². The topological polar surface area (TPSA) is 33.7 Å². The van der Waals surface area contributed by atoms with E-state index in [9.17, 15) is 0 Å². The smallest absolute Gasteiger partial charge is 0.143 e. The van der Waals surface area contributed by atoms with Gasteiger partial charge in [0.15, 0.2) is 0 Å². The molecule has 1 saturated heterocycles. The highest BCUT2D eigenvalue weighted by Gasteiger charge is 2.33. The fourth-order valence-electron chi connectivity index (χ4n) is 2.83. The second-order valence-electron chi connectivity index (χ2n) is 6.11. The molecular formula is C16H25ClN2O2. The van der Waals surface area contributed by atoms with Crippen molar-refractivity contribution in [2.45, 2.75) is 38.8 Å². The van der Waals surface area contributed by atoms with Gasteiger partial charge in [0.05, 0.1) is 24.9 Å². The number of anilines is 1. The highest BCUT2D eigenvalue weighted by molar-refractivity contribution is 6.32. The zero-order chi connectivity index (χ0) is 15.6. The Kier molecular flexibility index (Phi) is 4.89. The lowest BCUT2D eigenvalue weighted by atomic mass is 9.96. The van der Waals surface area contributed by atoms with Gasteiger partial charge in [0, 0.05) is 36.8 Å². The lowest BCUT2D eigenvalue weighted by Gasteiger charge is -2.46. The monoisotopic (exact) mass is 312 g/mol. The quantitative estimate of drug-likeness (QED) is 0.924. The number of nitrogens with one attached hydrogen (secondary N) is 1. The molecule has 0 amide bonds. The Balaban J connectivity index is 2.46. The maximum absolute atomic E-state index is 6.21. The molecule has 1 aromatic carbocycles. The number of ether oxygens (including phenoxy) is 2. The van der Waals surface area contributed by atoms with E-state index in [1.807, 2.05) is 12.1 Å². The van der Waals surface area contributed by atoms with Crippen molar-refractivity contribution in [3.05, 3.63) is 17.2 Å². The molecule has 0 aliphatic carbocycles. The molecule has 1 aliphatic rings. The number of methoxy groups -OCH3 is 2. The third kappa shape index (κ3) is 3.38. The van der Waals surface area contributed by atoms with Crippen molar-refractivity contribution in [2.75, 3.05) is 32.2 Å². The summed E-state index contributed by atoms with van der Waals surface area (Å²) in [5.74, 6) is 1.47. The van der Waals surface area contributed by atoms with Crippen molar-refractivity contribution in [1.29, 1.82) is 0 Å². The lowest BCUT2D eigenvalue weighted by Crippen LogP contribution is -2.61. The van der Waals surface area contributed by atoms with Crippen LogP contribution in [0.2, 0.25) is 5.02 Å². The highest BCUT2D eigenvalue weighted by Crippen LogP contribution is 2.40. The molecule has 0 spiro atoms. The van der Waals surface area contributed by atoms with Crippen LogP contribution < -0.4 is 19.7 Å². The third-order valence-corrected chi connectivity index (χ3v) is 4.35. The summed E-state index contributed by atoms with van der Waals surface area (Å²) in [6.45, 7) is 8.50. The zero-order valence-corrected chi connectivity index (χ0v) is 14.3. The van der Waals surface area contributed by atoms with E-state index in [1.54, 1.807) is 14.2 Å². The molecule has 0 saturated carbocycles. The van der Waals surface area contributed by atoms with E-state index in [1.165, 1.54) is 0 Å². The van der Waals surface area contributed by atoms with E-state index in [0.29, 0.717) is 16.8 Å². The van der Waals surface area contributed by atoms with Crippen molar-refractivity contribution < 1.29 is 9.47 Å². The number of hydrogen-bond donors (Lipinski definition) is 1. The summed E-state index contributed by atoms with van der Waals surface area (Å²) >= 11 is 6.21. The molecule has 2 rings (SSSR count). The Bertz CT molecular complexity index is 505. The van der Waals surface area contributed by atoms with Crippen LogP contribution in [0, 0.1) is 0 Å². The summed E-state index contributed by atoms with van der Waals surface area (Å²) in [6.07, 6.45) is 1.07. The number of nitrogens with zero attached hydrogens (tertiary/aromatic N) is 1. The van der Waals surface area contributed by atoms with Crippen LogP contribution >= 0.6 is 11.6 Å². The molecular weight excluding hydrogens is 288 g/mol. The molecule has 0 bridgehead atoms. The Morgan fingerprint density at radius 2 is 1.95 bits per heavy atom. The summed E-state index contributed by atoms with van der Waals surface area (Å²) in [7, 11) is 3.31. The largest absolute Gasteiger partial charge is 0.495 e. The van der Waals surface area contributed by atoms with Gasteiger partial charge in [-0.25, -0.2) is 0 Å². The molecule has 0 radical (unpaired) electrons. The minimum atomic E-state index is 0.0591. The minimum Gasteiger partial charge on any atom is -0.495 e. The normalized spacial score (nSPS) is 21.2. The van der Waals surface area contributed by atoms with Crippen molar-refractivity contribution in [3.63, 3.8) is 0 Å². The van der Waals surface area contributed by atoms with E-state index in [4.69, 9.17) is 21.1 Å². The maximum Gasteiger partial charge on any atom is 0.143 e. The fourth-order valence-corrected chi connectivity index (χ4v) is 3.06. The van der Waals surface area contributed by atoms with Gasteiger partial charge in [0.1, 0.15) is 11.5 Å². The summed E-state index contributed by atoms with van der Waals surface area (Å²) in [4.78, 5) is 2.40. The van der Waals surface area contributed by atoms with Gasteiger partial charge in [-0.05, 0) is 20.3 Å². The van der Waals surface area contributed by atoms with Gasteiger partial charge in [-0.1, -0.05) is 18.5 Å². The summed E-state index contributed by atoms with van der Waals surface area (Å²) in [5, 5.41) is 4.17. The van der Waals surface area contributed by atoms with E-state index < -0.39 is 0 Å². The van der Waals surface area contributed by atoms with Crippen molar-refractivity contribution >= 4 is 17.3 Å². The van der Waals surface area contributed by atoms with Crippen LogP contribution in [0.3, 0.4) is 0 Å². The van der Waals surface area contributed by atoms with Crippen LogP contribution in [0.25, 0.3) is 0 Å². The van der Waals surface area contributed by atoms with Crippen molar-refractivity contribution in [2.24, 2.45) is 0 Å². The summed E-state index contributed by atoms with van der Waals surface area (Å²) in [6, 6.07) is 4.24. The molecule has 1 aliphatic heterocycles. The molecule has 1 heterocycles.